The van der Waals surface area contributed by atoms with Gasteiger partial charge in [0.25, 0.3) is 0 Å². The monoisotopic (exact) mass is 358 g/mol. The van der Waals surface area contributed by atoms with Crippen LogP contribution in [-0.2, 0) is 6.18 Å². The quantitative estimate of drug-likeness (QED) is 0.744. The third-order valence-electron chi connectivity index (χ3n) is 2.93. The van der Waals surface area contributed by atoms with Crippen molar-refractivity contribution in [3.05, 3.63) is 58.6 Å². The molecule has 126 valence electrons. The molecule has 0 bridgehead atoms. The number of hydrogen-bond acceptors (Lipinski definition) is 2. The number of rotatable bonds is 3. The largest absolute Gasteiger partial charge is 0.478 e. The van der Waals surface area contributed by atoms with Crippen LogP contribution in [0.4, 0.5) is 29.3 Å². The van der Waals surface area contributed by atoms with Crippen LogP contribution in [0.15, 0.2) is 42.5 Å². The van der Waals surface area contributed by atoms with Gasteiger partial charge in [0.2, 0.25) is 0 Å². The molecular weight excluding hydrogens is 349 g/mol. The highest BCUT2D eigenvalue weighted by molar-refractivity contribution is 6.31. The van der Waals surface area contributed by atoms with Gasteiger partial charge >= 0.3 is 18.2 Å². The summed E-state index contributed by atoms with van der Waals surface area (Å²) >= 11 is 5.70. The molecule has 0 heterocycles. The number of halogens is 4. The Kier molecular flexibility index (Phi) is 4.99. The molecule has 0 spiro atoms. The molecule has 2 aromatic rings. The van der Waals surface area contributed by atoms with Crippen molar-refractivity contribution in [2.75, 3.05) is 10.6 Å². The zero-order chi connectivity index (χ0) is 17.9. The van der Waals surface area contributed by atoms with Crippen molar-refractivity contribution < 1.29 is 27.9 Å². The lowest BCUT2D eigenvalue weighted by Crippen LogP contribution is -2.21. The summed E-state index contributed by atoms with van der Waals surface area (Å²) in [6, 6.07) is 6.86. The number of benzene rings is 2. The second kappa shape index (κ2) is 6.79. The predicted molar refractivity (Wildman–Crippen MR) is 82.5 cm³/mol. The summed E-state index contributed by atoms with van der Waals surface area (Å²) in [4.78, 5) is 23.0. The molecule has 0 aliphatic rings. The Balaban J connectivity index is 2.10. The van der Waals surface area contributed by atoms with Crippen LogP contribution in [0.5, 0.6) is 0 Å². The number of carbonyl (C=O) groups excluding carboxylic acids is 1. The Bertz CT molecular complexity index is 777. The molecule has 0 aromatic heterocycles. The second-order valence-electron chi connectivity index (χ2n) is 4.65. The molecule has 0 atom stereocenters. The molecule has 0 saturated carbocycles. The maximum atomic E-state index is 12.5. The van der Waals surface area contributed by atoms with E-state index >= 15 is 0 Å². The molecule has 0 aliphatic carbocycles. The van der Waals surface area contributed by atoms with Gasteiger partial charge in [-0.1, -0.05) is 11.6 Å². The van der Waals surface area contributed by atoms with Gasteiger partial charge in [-0.2, -0.15) is 13.2 Å². The highest BCUT2D eigenvalue weighted by Gasteiger charge is 2.30. The van der Waals surface area contributed by atoms with E-state index in [1.54, 1.807) is 0 Å². The molecule has 0 radical (unpaired) electrons. The van der Waals surface area contributed by atoms with Gasteiger partial charge in [-0.25, -0.2) is 9.59 Å². The minimum absolute atomic E-state index is 0.00342. The standard InChI is InChI=1S/C15H10ClF3N2O3/c16-9-3-6-12(11(7-9)13(22)23)21-14(24)20-10-4-1-8(2-5-10)15(17,18)19/h1-7H,(H,22,23)(H2,20,21,24). The van der Waals surface area contributed by atoms with Gasteiger partial charge in [-0.3, -0.25) is 0 Å². The average molecular weight is 359 g/mol. The van der Waals surface area contributed by atoms with E-state index < -0.39 is 23.7 Å². The highest BCUT2D eigenvalue weighted by Crippen LogP contribution is 2.29. The molecular formula is C15H10ClF3N2O3. The van der Waals surface area contributed by atoms with Crippen molar-refractivity contribution in [2.24, 2.45) is 0 Å². The Morgan fingerprint density at radius 1 is 1.00 bits per heavy atom. The lowest BCUT2D eigenvalue weighted by atomic mass is 10.2. The van der Waals surface area contributed by atoms with Crippen molar-refractivity contribution >= 4 is 35.0 Å². The number of alkyl halides is 3. The van der Waals surface area contributed by atoms with Crippen LogP contribution in [0, 0.1) is 0 Å². The number of nitrogens with one attached hydrogen (secondary N) is 2. The van der Waals surface area contributed by atoms with Crippen LogP contribution < -0.4 is 10.6 Å². The molecule has 2 aromatic carbocycles. The van der Waals surface area contributed by atoms with E-state index in [1.165, 1.54) is 12.1 Å². The van der Waals surface area contributed by atoms with Crippen LogP contribution in [-0.4, -0.2) is 17.1 Å². The van der Waals surface area contributed by atoms with Crippen molar-refractivity contribution in [1.29, 1.82) is 0 Å². The highest BCUT2D eigenvalue weighted by atomic mass is 35.5. The fourth-order valence-electron chi connectivity index (χ4n) is 1.83. The first-order valence-corrected chi connectivity index (χ1v) is 6.83. The van der Waals surface area contributed by atoms with Crippen molar-refractivity contribution in [3.8, 4) is 0 Å². The van der Waals surface area contributed by atoms with Gasteiger partial charge in [0.05, 0.1) is 16.8 Å². The number of urea groups is 1. The number of carboxylic acids is 1. The first-order chi connectivity index (χ1) is 11.2. The Hall–Kier alpha value is -2.74. The van der Waals surface area contributed by atoms with Crippen molar-refractivity contribution in [1.82, 2.24) is 0 Å². The normalized spacial score (nSPS) is 11.0. The number of carbonyl (C=O) groups is 2. The minimum Gasteiger partial charge on any atom is -0.478 e. The van der Waals surface area contributed by atoms with Crippen LogP contribution >= 0.6 is 11.6 Å². The topological polar surface area (TPSA) is 78.4 Å². The molecule has 2 amide bonds. The molecule has 0 saturated heterocycles. The van der Waals surface area contributed by atoms with Gasteiger partial charge in [-0.15, -0.1) is 0 Å². The minimum atomic E-state index is -4.47. The van der Waals surface area contributed by atoms with Crippen LogP contribution in [0.25, 0.3) is 0 Å². The molecule has 0 aliphatic heterocycles. The number of aromatic carboxylic acids is 1. The fourth-order valence-corrected chi connectivity index (χ4v) is 2.00. The number of anilines is 2. The molecule has 0 unspecified atom stereocenters. The van der Waals surface area contributed by atoms with E-state index in [4.69, 9.17) is 16.7 Å². The summed E-state index contributed by atoms with van der Waals surface area (Å²) in [5.74, 6) is -1.29. The first kappa shape index (κ1) is 17.6. The lowest BCUT2D eigenvalue weighted by molar-refractivity contribution is -0.137. The van der Waals surface area contributed by atoms with E-state index in [9.17, 15) is 22.8 Å². The summed E-state index contributed by atoms with van der Waals surface area (Å²) < 4.78 is 37.4. The van der Waals surface area contributed by atoms with E-state index in [0.717, 1.165) is 30.3 Å². The van der Waals surface area contributed by atoms with E-state index in [1.807, 2.05) is 0 Å². The summed E-state index contributed by atoms with van der Waals surface area (Å²) in [5, 5.41) is 13.9. The predicted octanol–water partition coefficient (Wildman–Crippen LogP) is 4.70. The zero-order valence-corrected chi connectivity index (χ0v) is 12.6. The average Bonchev–Trinajstić information content (AvgIpc) is 2.48. The van der Waals surface area contributed by atoms with Crippen LogP contribution in [0.2, 0.25) is 5.02 Å². The SMILES string of the molecule is O=C(Nc1ccc(C(F)(F)F)cc1)Nc1ccc(Cl)cc1C(=O)O. The van der Waals surface area contributed by atoms with Gasteiger partial charge in [0, 0.05) is 10.7 Å². The van der Waals surface area contributed by atoms with Crippen molar-refractivity contribution in [2.45, 2.75) is 6.18 Å². The molecule has 2 rings (SSSR count). The maximum absolute atomic E-state index is 12.5. The van der Waals surface area contributed by atoms with Crippen LogP contribution in [0.3, 0.4) is 0 Å². The molecule has 0 fully saturated rings. The zero-order valence-electron chi connectivity index (χ0n) is 11.8. The Morgan fingerprint density at radius 3 is 2.17 bits per heavy atom. The summed E-state index contributed by atoms with van der Waals surface area (Å²) in [7, 11) is 0. The van der Waals surface area contributed by atoms with Gasteiger partial charge in [-0.05, 0) is 42.5 Å². The number of carboxylic acid groups (broad SMARTS) is 1. The first-order valence-electron chi connectivity index (χ1n) is 6.45. The van der Waals surface area contributed by atoms with Gasteiger partial charge in [0.15, 0.2) is 0 Å². The summed E-state index contributed by atoms with van der Waals surface area (Å²) in [6.45, 7) is 0. The van der Waals surface area contributed by atoms with E-state index in [-0.39, 0.29) is 22.0 Å². The molecule has 9 heteroatoms. The third-order valence-corrected chi connectivity index (χ3v) is 3.17. The maximum Gasteiger partial charge on any atom is 0.416 e. The smallest absolute Gasteiger partial charge is 0.416 e. The Morgan fingerprint density at radius 2 is 1.62 bits per heavy atom. The van der Waals surface area contributed by atoms with Crippen LogP contribution in [0.1, 0.15) is 15.9 Å². The molecule has 5 nitrogen and oxygen atoms in total. The lowest BCUT2D eigenvalue weighted by Gasteiger charge is -2.11. The second-order valence-corrected chi connectivity index (χ2v) is 5.09. The van der Waals surface area contributed by atoms with E-state index in [2.05, 4.69) is 10.6 Å². The number of hydrogen-bond donors (Lipinski definition) is 3. The fraction of sp³-hybridized carbons (Fsp3) is 0.0667. The van der Waals surface area contributed by atoms with Gasteiger partial charge < -0.3 is 15.7 Å². The van der Waals surface area contributed by atoms with Gasteiger partial charge in [0.1, 0.15) is 0 Å². The Labute approximate surface area is 139 Å². The van der Waals surface area contributed by atoms with Crippen molar-refractivity contribution in [3.63, 3.8) is 0 Å². The summed E-state index contributed by atoms with van der Waals surface area (Å²) in [6.07, 6.45) is -4.47. The number of amides is 2. The third kappa shape index (κ3) is 4.39. The van der Waals surface area contributed by atoms with E-state index in [0.29, 0.717) is 0 Å². The molecule has 3 N–H and O–H groups in total. The molecule has 24 heavy (non-hydrogen) atoms. The summed E-state index contributed by atoms with van der Waals surface area (Å²) in [5.41, 5.74) is -0.952.